The number of carbonyl (C=O) groups is 1. The molecule has 22 heavy (non-hydrogen) atoms. The summed E-state index contributed by atoms with van der Waals surface area (Å²) in [6, 6.07) is 4.25. The number of amides is 1. The maximum Gasteiger partial charge on any atom is 0.312 e. The zero-order chi connectivity index (χ0) is 16.1. The number of nitrogens with zero attached hydrogens (tertiary/aromatic N) is 1. The Hall–Kier alpha value is -1.82. The van der Waals surface area contributed by atoms with Gasteiger partial charge in [-0.15, -0.1) is 0 Å². The first-order chi connectivity index (χ1) is 10.5. The van der Waals surface area contributed by atoms with Crippen LogP contribution in [0.2, 0.25) is 5.02 Å². The van der Waals surface area contributed by atoms with E-state index in [4.69, 9.17) is 16.3 Å². The second-order valence-electron chi connectivity index (χ2n) is 5.59. The fourth-order valence-corrected chi connectivity index (χ4v) is 2.84. The van der Waals surface area contributed by atoms with Crippen LogP contribution < -0.4 is 10.1 Å². The zero-order valence-corrected chi connectivity index (χ0v) is 13.1. The first kappa shape index (κ1) is 16.5. The summed E-state index contributed by atoms with van der Waals surface area (Å²) in [4.78, 5) is 22.3. The Balaban J connectivity index is 1.92. The lowest BCUT2D eigenvalue weighted by Crippen LogP contribution is -2.43. The maximum absolute atomic E-state index is 11.9. The van der Waals surface area contributed by atoms with E-state index >= 15 is 0 Å². The van der Waals surface area contributed by atoms with Crippen molar-refractivity contribution >= 4 is 23.2 Å². The van der Waals surface area contributed by atoms with Crippen LogP contribution >= 0.6 is 11.6 Å². The molecule has 2 atom stereocenters. The summed E-state index contributed by atoms with van der Waals surface area (Å²) in [5.41, 5.74) is -0.244. The first-order valence-electron chi connectivity index (χ1n) is 7.33. The van der Waals surface area contributed by atoms with Crippen LogP contribution in [0, 0.1) is 16.0 Å². The maximum atomic E-state index is 11.9. The summed E-state index contributed by atoms with van der Waals surface area (Å²) in [7, 11) is 0. The van der Waals surface area contributed by atoms with Crippen molar-refractivity contribution in [2.75, 3.05) is 6.61 Å². The van der Waals surface area contributed by atoms with Crippen LogP contribution in [-0.2, 0) is 4.79 Å². The summed E-state index contributed by atoms with van der Waals surface area (Å²) in [6.45, 7) is 1.88. The fraction of sp³-hybridized carbons (Fsp3) is 0.533. The summed E-state index contributed by atoms with van der Waals surface area (Å²) < 4.78 is 5.28. The molecule has 2 rings (SSSR count). The van der Waals surface area contributed by atoms with Crippen LogP contribution in [0.4, 0.5) is 5.69 Å². The van der Waals surface area contributed by atoms with Crippen LogP contribution in [0.15, 0.2) is 18.2 Å². The molecule has 1 N–H and O–H groups in total. The lowest BCUT2D eigenvalue weighted by molar-refractivity contribution is -0.385. The summed E-state index contributed by atoms with van der Waals surface area (Å²) in [6.07, 6.45) is 4.38. The Morgan fingerprint density at radius 1 is 1.45 bits per heavy atom. The van der Waals surface area contributed by atoms with Crippen molar-refractivity contribution in [3.8, 4) is 5.75 Å². The van der Waals surface area contributed by atoms with Crippen LogP contribution in [0.5, 0.6) is 5.75 Å². The van der Waals surface area contributed by atoms with E-state index < -0.39 is 4.92 Å². The number of nitro groups is 1. The molecular weight excluding hydrogens is 308 g/mol. The van der Waals surface area contributed by atoms with Gasteiger partial charge < -0.3 is 10.1 Å². The third-order valence-electron chi connectivity index (χ3n) is 3.93. The third kappa shape index (κ3) is 4.34. The predicted octanol–water partition coefficient (Wildman–Crippen LogP) is 3.32. The van der Waals surface area contributed by atoms with Crippen molar-refractivity contribution in [3.05, 3.63) is 33.3 Å². The fourth-order valence-electron chi connectivity index (χ4n) is 2.68. The van der Waals surface area contributed by atoms with Crippen molar-refractivity contribution < 1.29 is 14.5 Å². The minimum absolute atomic E-state index is 0.0428. The van der Waals surface area contributed by atoms with Gasteiger partial charge in [-0.05, 0) is 30.9 Å². The molecule has 1 amide bonds. The first-order valence-corrected chi connectivity index (χ1v) is 7.71. The molecule has 1 fully saturated rings. The Labute approximate surface area is 133 Å². The number of ether oxygens (including phenoxy) is 1. The SMILES string of the molecule is C[C@H]1CCCC[C@@H]1NC(=O)COc1ccc(Cl)cc1[N+](=O)[O-]. The van der Waals surface area contributed by atoms with Gasteiger partial charge in [0.2, 0.25) is 0 Å². The Bertz CT molecular complexity index is 564. The average molecular weight is 327 g/mol. The highest BCUT2D eigenvalue weighted by Gasteiger charge is 2.23. The smallest absolute Gasteiger partial charge is 0.312 e. The number of rotatable bonds is 5. The van der Waals surface area contributed by atoms with Gasteiger partial charge in [0, 0.05) is 17.1 Å². The second-order valence-corrected chi connectivity index (χ2v) is 6.03. The van der Waals surface area contributed by atoms with Gasteiger partial charge >= 0.3 is 5.69 Å². The Morgan fingerprint density at radius 3 is 2.86 bits per heavy atom. The van der Waals surface area contributed by atoms with Gasteiger partial charge in [-0.1, -0.05) is 31.4 Å². The minimum atomic E-state index is -0.581. The summed E-state index contributed by atoms with van der Waals surface area (Å²) in [5.74, 6) is 0.229. The molecule has 0 aliphatic heterocycles. The molecule has 7 heteroatoms. The highest BCUT2D eigenvalue weighted by Crippen LogP contribution is 2.30. The number of hydrogen-bond donors (Lipinski definition) is 1. The van der Waals surface area contributed by atoms with Crippen molar-refractivity contribution in [3.63, 3.8) is 0 Å². The van der Waals surface area contributed by atoms with Gasteiger partial charge in [0.25, 0.3) is 5.91 Å². The molecule has 0 spiro atoms. The number of nitro benzene ring substituents is 1. The van der Waals surface area contributed by atoms with Crippen molar-refractivity contribution in [1.29, 1.82) is 0 Å². The molecule has 0 bridgehead atoms. The van der Waals surface area contributed by atoms with Crippen LogP contribution in [-0.4, -0.2) is 23.5 Å². The molecule has 0 unspecified atom stereocenters. The van der Waals surface area contributed by atoms with E-state index in [9.17, 15) is 14.9 Å². The highest BCUT2D eigenvalue weighted by molar-refractivity contribution is 6.30. The molecule has 0 heterocycles. The van der Waals surface area contributed by atoms with Crippen LogP contribution in [0.1, 0.15) is 32.6 Å². The molecule has 1 aliphatic rings. The summed E-state index contributed by atoms with van der Waals surface area (Å²) >= 11 is 5.73. The molecule has 0 saturated heterocycles. The number of carbonyl (C=O) groups excluding carboxylic acids is 1. The Morgan fingerprint density at radius 2 is 2.18 bits per heavy atom. The van der Waals surface area contributed by atoms with Gasteiger partial charge in [-0.2, -0.15) is 0 Å². The largest absolute Gasteiger partial charge is 0.477 e. The van der Waals surface area contributed by atoms with Crippen molar-refractivity contribution in [1.82, 2.24) is 5.32 Å². The predicted molar refractivity (Wildman–Crippen MR) is 83.2 cm³/mol. The number of hydrogen-bond acceptors (Lipinski definition) is 4. The topological polar surface area (TPSA) is 81.5 Å². The van der Waals surface area contributed by atoms with Gasteiger partial charge in [0.1, 0.15) is 0 Å². The molecule has 6 nitrogen and oxygen atoms in total. The van der Waals surface area contributed by atoms with E-state index in [0.717, 1.165) is 19.3 Å². The molecule has 1 aromatic rings. The van der Waals surface area contributed by atoms with E-state index in [-0.39, 0.29) is 35.0 Å². The van der Waals surface area contributed by atoms with Gasteiger partial charge in [-0.3, -0.25) is 14.9 Å². The van der Waals surface area contributed by atoms with Crippen molar-refractivity contribution in [2.24, 2.45) is 5.92 Å². The highest BCUT2D eigenvalue weighted by atomic mass is 35.5. The third-order valence-corrected chi connectivity index (χ3v) is 4.17. The number of halogens is 1. The van der Waals surface area contributed by atoms with E-state index in [1.165, 1.54) is 24.6 Å². The van der Waals surface area contributed by atoms with Gasteiger partial charge in [0.05, 0.1) is 4.92 Å². The quantitative estimate of drug-likeness (QED) is 0.664. The standard InChI is InChI=1S/C15H19ClN2O4/c1-10-4-2-3-5-12(10)17-15(19)9-22-14-7-6-11(16)8-13(14)18(20)21/h6-8,10,12H,2-5,9H2,1H3,(H,17,19)/t10-,12-/m0/s1. The van der Waals surface area contributed by atoms with Crippen molar-refractivity contribution in [2.45, 2.75) is 38.6 Å². The zero-order valence-electron chi connectivity index (χ0n) is 12.4. The molecule has 1 aliphatic carbocycles. The van der Waals surface area contributed by atoms with E-state index in [0.29, 0.717) is 5.92 Å². The average Bonchev–Trinajstić information content (AvgIpc) is 2.48. The molecule has 0 radical (unpaired) electrons. The molecule has 1 aromatic carbocycles. The lowest BCUT2D eigenvalue weighted by Gasteiger charge is -2.29. The Kier molecular flexibility index (Phi) is 5.60. The van der Waals surface area contributed by atoms with Gasteiger partial charge in [0.15, 0.2) is 12.4 Å². The molecular formula is C15H19ClN2O4. The monoisotopic (exact) mass is 326 g/mol. The van der Waals surface area contributed by atoms with Crippen LogP contribution in [0.25, 0.3) is 0 Å². The van der Waals surface area contributed by atoms with E-state index in [1.807, 2.05) is 0 Å². The van der Waals surface area contributed by atoms with E-state index in [2.05, 4.69) is 12.2 Å². The number of nitrogens with one attached hydrogen (secondary N) is 1. The number of benzene rings is 1. The van der Waals surface area contributed by atoms with E-state index in [1.54, 1.807) is 0 Å². The molecule has 0 aromatic heterocycles. The lowest BCUT2D eigenvalue weighted by atomic mass is 9.86. The molecule has 1 saturated carbocycles. The summed E-state index contributed by atoms with van der Waals surface area (Å²) in [5, 5.41) is 14.1. The molecule has 120 valence electrons. The van der Waals surface area contributed by atoms with Crippen LogP contribution in [0.3, 0.4) is 0 Å². The minimum Gasteiger partial charge on any atom is -0.477 e. The van der Waals surface area contributed by atoms with Gasteiger partial charge in [-0.25, -0.2) is 0 Å². The second kappa shape index (κ2) is 7.45. The normalized spacial score (nSPS) is 21.2.